The van der Waals surface area contributed by atoms with Gasteiger partial charge >= 0.3 is 0 Å². The van der Waals surface area contributed by atoms with Gasteiger partial charge in [0.2, 0.25) is 0 Å². The largest absolute Gasteiger partial charge is 0.103 e. The third kappa shape index (κ3) is 4.30. The highest BCUT2D eigenvalue weighted by atomic mass is 14.3. The van der Waals surface area contributed by atoms with Crippen molar-refractivity contribution in [1.29, 1.82) is 0 Å². The summed E-state index contributed by atoms with van der Waals surface area (Å²) in [5, 5.41) is 0. The SMILES string of the molecule is C=CCC1CCC(=C)C(C)C(C)C(C)CC(C)C1. The zero-order valence-electron chi connectivity index (χ0n) is 12.9. The molecule has 0 saturated heterocycles. The standard InChI is InChI=1S/C18H32/c1-7-8-18-10-9-14(3)16(5)17(6)15(4)11-13(2)12-18/h7,13,15-18H,1,3,8-12H2,2,4-6H3. The second kappa shape index (κ2) is 7.16. The summed E-state index contributed by atoms with van der Waals surface area (Å²) in [5.74, 6) is 3.94. The summed E-state index contributed by atoms with van der Waals surface area (Å²) in [6, 6.07) is 0. The fourth-order valence-corrected chi connectivity index (χ4v) is 3.56. The smallest absolute Gasteiger partial charge is 0.0206 e. The summed E-state index contributed by atoms with van der Waals surface area (Å²) in [7, 11) is 0. The van der Waals surface area contributed by atoms with Crippen LogP contribution in [-0.2, 0) is 0 Å². The van der Waals surface area contributed by atoms with Gasteiger partial charge in [-0.3, -0.25) is 0 Å². The molecule has 1 rings (SSSR count). The van der Waals surface area contributed by atoms with Crippen LogP contribution in [0, 0.1) is 29.6 Å². The Hall–Kier alpha value is -0.520. The highest BCUT2D eigenvalue weighted by Gasteiger charge is 2.25. The molecule has 1 aliphatic carbocycles. The maximum Gasteiger partial charge on any atom is -0.0206 e. The van der Waals surface area contributed by atoms with Crippen LogP contribution in [0.2, 0.25) is 0 Å². The molecule has 5 unspecified atom stereocenters. The second-order valence-electron chi connectivity index (χ2n) is 6.79. The van der Waals surface area contributed by atoms with Gasteiger partial charge in [-0.1, -0.05) is 45.9 Å². The molecule has 5 atom stereocenters. The Morgan fingerprint density at radius 3 is 2.44 bits per heavy atom. The number of rotatable bonds is 2. The molecule has 0 radical (unpaired) electrons. The van der Waals surface area contributed by atoms with E-state index in [-0.39, 0.29) is 0 Å². The lowest BCUT2D eigenvalue weighted by molar-refractivity contribution is 0.224. The van der Waals surface area contributed by atoms with Crippen molar-refractivity contribution in [2.45, 2.75) is 59.8 Å². The van der Waals surface area contributed by atoms with E-state index in [0.717, 1.165) is 23.7 Å². The van der Waals surface area contributed by atoms with Gasteiger partial charge in [0.25, 0.3) is 0 Å². The molecular weight excluding hydrogens is 216 g/mol. The maximum absolute atomic E-state index is 4.34. The molecule has 0 amide bonds. The first-order valence-corrected chi connectivity index (χ1v) is 7.74. The molecule has 1 saturated carbocycles. The van der Waals surface area contributed by atoms with E-state index < -0.39 is 0 Å². The fraction of sp³-hybridized carbons (Fsp3) is 0.778. The lowest BCUT2D eigenvalue weighted by Crippen LogP contribution is -2.22. The lowest BCUT2D eigenvalue weighted by atomic mass is 9.73. The maximum atomic E-state index is 4.34. The Kier molecular flexibility index (Phi) is 6.18. The van der Waals surface area contributed by atoms with E-state index >= 15 is 0 Å². The van der Waals surface area contributed by atoms with Gasteiger partial charge < -0.3 is 0 Å². The third-order valence-electron chi connectivity index (χ3n) is 5.21. The first kappa shape index (κ1) is 15.5. The fourth-order valence-electron chi connectivity index (χ4n) is 3.56. The number of hydrogen-bond donors (Lipinski definition) is 0. The van der Waals surface area contributed by atoms with Gasteiger partial charge in [-0.05, 0) is 61.7 Å². The summed E-state index contributed by atoms with van der Waals surface area (Å²) in [6.07, 6.45) is 8.53. The molecule has 0 aromatic heterocycles. The molecule has 0 bridgehead atoms. The highest BCUT2D eigenvalue weighted by Crippen LogP contribution is 2.36. The van der Waals surface area contributed by atoms with E-state index in [0.29, 0.717) is 5.92 Å². The Bertz CT molecular complexity index is 276. The summed E-state index contributed by atoms with van der Waals surface area (Å²) in [6.45, 7) is 17.9. The van der Waals surface area contributed by atoms with Crippen LogP contribution in [-0.4, -0.2) is 0 Å². The minimum Gasteiger partial charge on any atom is -0.103 e. The normalized spacial score (nSPS) is 39.3. The first-order valence-electron chi connectivity index (χ1n) is 7.74. The van der Waals surface area contributed by atoms with Crippen LogP contribution in [0.3, 0.4) is 0 Å². The van der Waals surface area contributed by atoms with Crippen LogP contribution in [0.25, 0.3) is 0 Å². The predicted molar refractivity (Wildman–Crippen MR) is 82.6 cm³/mol. The van der Waals surface area contributed by atoms with E-state index in [1.165, 1.54) is 37.7 Å². The summed E-state index contributed by atoms with van der Waals surface area (Å²) >= 11 is 0. The molecule has 0 aliphatic heterocycles. The van der Waals surface area contributed by atoms with Crippen molar-refractivity contribution in [3.05, 3.63) is 24.8 Å². The van der Waals surface area contributed by atoms with Crippen LogP contribution in [0.1, 0.15) is 59.8 Å². The topological polar surface area (TPSA) is 0 Å². The average Bonchev–Trinajstić information content (AvgIpc) is 2.32. The molecular formula is C18H32. The molecule has 0 N–H and O–H groups in total. The summed E-state index contributed by atoms with van der Waals surface area (Å²) < 4.78 is 0. The molecule has 1 aliphatic rings. The third-order valence-corrected chi connectivity index (χ3v) is 5.21. The zero-order valence-corrected chi connectivity index (χ0v) is 12.9. The van der Waals surface area contributed by atoms with Gasteiger partial charge in [-0.2, -0.15) is 0 Å². The van der Waals surface area contributed by atoms with Crippen LogP contribution in [0.15, 0.2) is 24.8 Å². The second-order valence-corrected chi connectivity index (χ2v) is 6.79. The number of hydrogen-bond acceptors (Lipinski definition) is 0. The van der Waals surface area contributed by atoms with E-state index in [9.17, 15) is 0 Å². The Morgan fingerprint density at radius 1 is 1.17 bits per heavy atom. The predicted octanol–water partition coefficient (Wildman–Crippen LogP) is 5.85. The van der Waals surface area contributed by atoms with Crippen LogP contribution in [0.4, 0.5) is 0 Å². The minimum atomic E-state index is 0.676. The monoisotopic (exact) mass is 248 g/mol. The molecule has 0 aromatic carbocycles. The summed E-state index contributed by atoms with van der Waals surface area (Å²) in [4.78, 5) is 0. The van der Waals surface area contributed by atoms with Gasteiger partial charge in [0, 0.05) is 0 Å². The summed E-state index contributed by atoms with van der Waals surface area (Å²) in [5.41, 5.74) is 1.47. The lowest BCUT2D eigenvalue weighted by Gasteiger charge is -2.33. The molecule has 104 valence electrons. The van der Waals surface area contributed by atoms with Crippen LogP contribution in [0.5, 0.6) is 0 Å². The number of allylic oxidation sites excluding steroid dienone is 2. The van der Waals surface area contributed by atoms with E-state index in [4.69, 9.17) is 0 Å². The van der Waals surface area contributed by atoms with Gasteiger partial charge in [-0.25, -0.2) is 0 Å². The molecule has 0 nitrogen and oxygen atoms in total. The Labute approximate surface area is 115 Å². The van der Waals surface area contributed by atoms with Crippen LogP contribution >= 0.6 is 0 Å². The average molecular weight is 248 g/mol. The van der Waals surface area contributed by atoms with Gasteiger partial charge in [0.05, 0.1) is 0 Å². The Morgan fingerprint density at radius 2 is 1.83 bits per heavy atom. The molecule has 0 spiro atoms. The van der Waals surface area contributed by atoms with Crippen molar-refractivity contribution in [3.8, 4) is 0 Å². The molecule has 18 heavy (non-hydrogen) atoms. The van der Waals surface area contributed by atoms with Crippen molar-refractivity contribution in [3.63, 3.8) is 0 Å². The highest BCUT2D eigenvalue weighted by molar-refractivity contribution is 5.02. The zero-order chi connectivity index (χ0) is 13.7. The molecule has 0 heterocycles. The van der Waals surface area contributed by atoms with Crippen molar-refractivity contribution < 1.29 is 0 Å². The van der Waals surface area contributed by atoms with Gasteiger partial charge in [0.15, 0.2) is 0 Å². The van der Waals surface area contributed by atoms with Gasteiger partial charge in [-0.15, -0.1) is 6.58 Å². The minimum absolute atomic E-state index is 0.676. The van der Waals surface area contributed by atoms with Crippen molar-refractivity contribution in [1.82, 2.24) is 0 Å². The quantitative estimate of drug-likeness (QED) is 0.537. The molecule has 0 aromatic rings. The Balaban J connectivity index is 2.75. The van der Waals surface area contributed by atoms with Gasteiger partial charge in [0.1, 0.15) is 0 Å². The van der Waals surface area contributed by atoms with E-state index in [2.05, 4.69) is 46.9 Å². The van der Waals surface area contributed by atoms with Crippen molar-refractivity contribution >= 4 is 0 Å². The molecule has 1 fully saturated rings. The molecule has 0 heteroatoms. The first-order chi connectivity index (χ1) is 8.45. The van der Waals surface area contributed by atoms with E-state index in [1.807, 2.05) is 0 Å². The van der Waals surface area contributed by atoms with Crippen LogP contribution < -0.4 is 0 Å². The van der Waals surface area contributed by atoms with Crippen molar-refractivity contribution in [2.75, 3.05) is 0 Å². The van der Waals surface area contributed by atoms with Crippen molar-refractivity contribution in [2.24, 2.45) is 29.6 Å². The van der Waals surface area contributed by atoms with E-state index in [1.54, 1.807) is 0 Å².